The standard InChI is InChI=1S/C23H28N4O3S/c1-29-16-17-30-23(28)24-19-8-6-18(7-9-19)10-11-26-12-14-27(15-13-26)22-20-4-2-3-5-21(20)31-25-22/h2-9H,10-17H2,1H3,(H,24,28). The average molecular weight is 441 g/mol. The minimum atomic E-state index is -0.462. The number of carbonyl (C=O) groups is 1. The number of hydrogen-bond donors (Lipinski definition) is 1. The number of rotatable bonds is 8. The number of fused-ring (bicyclic) bond motifs is 1. The molecular formula is C23H28N4O3S. The third kappa shape index (κ3) is 5.72. The van der Waals surface area contributed by atoms with Crippen LogP contribution in [0.2, 0.25) is 0 Å². The molecule has 2 heterocycles. The molecule has 164 valence electrons. The van der Waals surface area contributed by atoms with E-state index in [-0.39, 0.29) is 6.61 Å². The van der Waals surface area contributed by atoms with E-state index < -0.39 is 6.09 Å². The molecule has 0 unspecified atom stereocenters. The molecule has 1 aliphatic heterocycles. The van der Waals surface area contributed by atoms with Crippen molar-refractivity contribution in [1.29, 1.82) is 0 Å². The summed E-state index contributed by atoms with van der Waals surface area (Å²) < 4.78 is 15.8. The van der Waals surface area contributed by atoms with Crippen molar-refractivity contribution in [3.8, 4) is 0 Å². The molecular weight excluding hydrogens is 412 g/mol. The highest BCUT2D eigenvalue weighted by molar-refractivity contribution is 7.13. The van der Waals surface area contributed by atoms with Gasteiger partial charge in [-0.3, -0.25) is 10.2 Å². The van der Waals surface area contributed by atoms with Crippen molar-refractivity contribution in [2.75, 3.05) is 63.3 Å². The van der Waals surface area contributed by atoms with Gasteiger partial charge in [-0.15, -0.1) is 0 Å². The molecule has 0 saturated carbocycles. The summed E-state index contributed by atoms with van der Waals surface area (Å²) in [6.45, 7) is 5.74. The number of nitrogens with zero attached hydrogens (tertiary/aromatic N) is 3. The zero-order valence-electron chi connectivity index (χ0n) is 17.8. The van der Waals surface area contributed by atoms with Crippen molar-refractivity contribution < 1.29 is 14.3 Å². The maximum atomic E-state index is 11.7. The van der Waals surface area contributed by atoms with Crippen molar-refractivity contribution in [3.05, 3.63) is 54.1 Å². The van der Waals surface area contributed by atoms with Crippen LogP contribution in [0.5, 0.6) is 0 Å². The number of nitrogens with one attached hydrogen (secondary N) is 1. The largest absolute Gasteiger partial charge is 0.447 e. The van der Waals surface area contributed by atoms with Crippen LogP contribution >= 0.6 is 11.5 Å². The van der Waals surface area contributed by atoms with Gasteiger partial charge in [0.25, 0.3) is 0 Å². The lowest BCUT2D eigenvalue weighted by Crippen LogP contribution is -2.47. The zero-order valence-corrected chi connectivity index (χ0v) is 18.6. The first-order valence-corrected chi connectivity index (χ1v) is 11.3. The molecule has 0 bridgehead atoms. The van der Waals surface area contributed by atoms with Gasteiger partial charge < -0.3 is 14.4 Å². The Balaban J connectivity index is 1.21. The lowest BCUT2D eigenvalue weighted by atomic mass is 10.1. The van der Waals surface area contributed by atoms with E-state index in [9.17, 15) is 4.79 Å². The third-order valence-corrected chi connectivity index (χ3v) is 6.28. The first-order valence-electron chi connectivity index (χ1n) is 10.6. The summed E-state index contributed by atoms with van der Waals surface area (Å²) in [6.07, 6.45) is 0.522. The van der Waals surface area contributed by atoms with Gasteiger partial charge in [-0.1, -0.05) is 24.3 Å². The summed E-state index contributed by atoms with van der Waals surface area (Å²) in [5.74, 6) is 1.13. The molecule has 0 radical (unpaired) electrons. The fourth-order valence-corrected chi connectivity index (χ4v) is 4.49. The number of anilines is 2. The van der Waals surface area contributed by atoms with Gasteiger partial charge in [0.2, 0.25) is 0 Å². The summed E-state index contributed by atoms with van der Waals surface area (Å²) in [6, 6.07) is 16.4. The van der Waals surface area contributed by atoms with Crippen molar-refractivity contribution in [1.82, 2.24) is 9.27 Å². The van der Waals surface area contributed by atoms with E-state index in [4.69, 9.17) is 13.8 Å². The number of aromatic nitrogens is 1. The molecule has 31 heavy (non-hydrogen) atoms. The van der Waals surface area contributed by atoms with Crippen LogP contribution in [0.4, 0.5) is 16.3 Å². The molecule has 1 aromatic heterocycles. The number of ether oxygens (including phenoxy) is 2. The topological polar surface area (TPSA) is 66.9 Å². The Hall–Kier alpha value is -2.68. The maximum Gasteiger partial charge on any atom is 0.411 e. The molecule has 1 saturated heterocycles. The lowest BCUT2D eigenvalue weighted by Gasteiger charge is -2.35. The highest BCUT2D eigenvalue weighted by Crippen LogP contribution is 2.29. The summed E-state index contributed by atoms with van der Waals surface area (Å²) in [5, 5.41) is 3.99. The summed E-state index contributed by atoms with van der Waals surface area (Å²) in [4.78, 5) is 16.6. The maximum absolute atomic E-state index is 11.7. The van der Waals surface area contributed by atoms with Crippen molar-refractivity contribution in [2.45, 2.75) is 6.42 Å². The van der Waals surface area contributed by atoms with Gasteiger partial charge in [0, 0.05) is 50.9 Å². The molecule has 4 rings (SSSR count). The molecule has 8 heteroatoms. The molecule has 0 aliphatic carbocycles. The number of amides is 1. The summed E-state index contributed by atoms with van der Waals surface area (Å²) >= 11 is 1.58. The van der Waals surface area contributed by atoms with Crippen molar-refractivity contribution >= 4 is 39.2 Å². The molecule has 3 aromatic rings. The van der Waals surface area contributed by atoms with Gasteiger partial charge in [-0.25, -0.2) is 4.79 Å². The van der Waals surface area contributed by atoms with Crippen molar-refractivity contribution in [3.63, 3.8) is 0 Å². The second-order valence-corrected chi connectivity index (χ2v) is 8.34. The van der Waals surface area contributed by atoms with Gasteiger partial charge in [0.05, 0.1) is 11.3 Å². The highest BCUT2D eigenvalue weighted by atomic mass is 32.1. The Morgan fingerprint density at radius 3 is 2.61 bits per heavy atom. The Morgan fingerprint density at radius 2 is 1.84 bits per heavy atom. The quantitative estimate of drug-likeness (QED) is 0.537. The zero-order chi connectivity index (χ0) is 21.5. The molecule has 0 spiro atoms. The minimum Gasteiger partial charge on any atom is -0.447 e. The molecule has 1 fully saturated rings. The smallest absolute Gasteiger partial charge is 0.411 e. The van der Waals surface area contributed by atoms with E-state index in [0.717, 1.165) is 50.6 Å². The van der Waals surface area contributed by atoms with Gasteiger partial charge >= 0.3 is 6.09 Å². The van der Waals surface area contributed by atoms with E-state index in [1.807, 2.05) is 12.1 Å². The SMILES string of the molecule is COCCOC(=O)Nc1ccc(CCN2CCN(c3nsc4ccccc34)CC2)cc1. The average Bonchev–Trinajstić information content (AvgIpc) is 3.23. The van der Waals surface area contributed by atoms with Gasteiger partial charge in [0.15, 0.2) is 0 Å². The molecule has 0 atom stereocenters. The van der Waals surface area contributed by atoms with E-state index in [0.29, 0.717) is 6.61 Å². The fraction of sp³-hybridized carbons (Fsp3) is 0.391. The lowest BCUT2D eigenvalue weighted by molar-refractivity contribution is 0.107. The second kappa shape index (κ2) is 10.6. The van der Waals surface area contributed by atoms with Crippen LogP contribution in [0, 0.1) is 0 Å². The van der Waals surface area contributed by atoms with Gasteiger partial charge in [-0.2, -0.15) is 4.37 Å². The number of hydrogen-bond acceptors (Lipinski definition) is 7. The number of methoxy groups -OCH3 is 1. The Kier molecular flexibility index (Phi) is 7.35. The number of carbonyl (C=O) groups excluding carboxylic acids is 1. The summed E-state index contributed by atoms with van der Waals surface area (Å²) in [5.41, 5.74) is 1.99. The second-order valence-electron chi connectivity index (χ2n) is 7.53. The van der Waals surface area contributed by atoms with Gasteiger partial charge in [-0.05, 0) is 47.8 Å². The van der Waals surface area contributed by atoms with Crippen LogP contribution in [-0.2, 0) is 15.9 Å². The van der Waals surface area contributed by atoms with Crippen molar-refractivity contribution in [2.24, 2.45) is 0 Å². The Morgan fingerprint density at radius 1 is 1.06 bits per heavy atom. The van der Waals surface area contributed by atoms with Crippen LogP contribution < -0.4 is 10.2 Å². The van der Waals surface area contributed by atoms with Crippen LogP contribution in [0.25, 0.3) is 10.1 Å². The van der Waals surface area contributed by atoms with Crippen LogP contribution in [0.15, 0.2) is 48.5 Å². The Labute approximate surface area is 186 Å². The Bertz CT molecular complexity index is 984. The van der Waals surface area contributed by atoms with Crippen LogP contribution in [0.1, 0.15) is 5.56 Å². The minimum absolute atomic E-state index is 0.242. The predicted molar refractivity (Wildman–Crippen MR) is 125 cm³/mol. The van der Waals surface area contributed by atoms with E-state index >= 15 is 0 Å². The van der Waals surface area contributed by atoms with Gasteiger partial charge in [0.1, 0.15) is 12.4 Å². The third-order valence-electron chi connectivity index (χ3n) is 5.47. The molecule has 1 aliphatic rings. The molecule has 7 nitrogen and oxygen atoms in total. The van der Waals surface area contributed by atoms with E-state index in [1.54, 1.807) is 18.6 Å². The first kappa shape index (κ1) is 21.5. The number of piperazine rings is 1. The molecule has 2 aromatic carbocycles. The summed E-state index contributed by atoms with van der Waals surface area (Å²) in [7, 11) is 1.57. The van der Waals surface area contributed by atoms with Crippen LogP contribution in [-0.4, -0.2) is 68.4 Å². The molecule has 1 amide bonds. The van der Waals surface area contributed by atoms with E-state index in [1.165, 1.54) is 15.6 Å². The monoisotopic (exact) mass is 440 g/mol. The van der Waals surface area contributed by atoms with Crippen LogP contribution in [0.3, 0.4) is 0 Å². The predicted octanol–water partition coefficient (Wildman–Crippen LogP) is 3.86. The highest BCUT2D eigenvalue weighted by Gasteiger charge is 2.20. The molecule has 1 N–H and O–H groups in total. The normalized spacial score (nSPS) is 14.7. The van der Waals surface area contributed by atoms with E-state index in [2.05, 4.69) is 51.5 Å². The number of benzene rings is 2. The first-order chi connectivity index (χ1) is 15.2. The fourth-order valence-electron chi connectivity index (χ4n) is 3.70.